The Labute approximate surface area is 116 Å². The van der Waals surface area contributed by atoms with E-state index in [0.29, 0.717) is 28.5 Å². The number of nitrogens with zero attached hydrogens (tertiary/aromatic N) is 1. The number of carbonyl (C=O) groups excluding carboxylic acids is 1. The third-order valence-corrected chi connectivity index (χ3v) is 5.46. The van der Waals surface area contributed by atoms with Gasteiger partial charge >= 0.3 is 0 Å². The Morgan fingerprint density at radius 1 is 1.40 bits per heavy atom. The van der Waals surface area contributed by atoms with Gasteiger partial charge in [0, 0.05) is 28.6 Å². The van der Waals surface area contributed by atoms with Gasteiger partial charge in [-0.05, 0) is 18.6 Å². The number of aromatic amines is 1. The second-order valence-corrected chi connectivity index (χ2v) is 7.24. The number of nitrogens with one attached hydrogen (secondary N) is 1. The average molecular weight is 288 g/mol. The number of aromatic nitrogens is 1. The maximum atomic E-state index is 12.5. The van der Waals surface area contributed by atoms with Crippen LogP contribution in [0.2, 0.25) is 0 Å². The topological polar surface area (TPSA) is 90.8 Å². The lowest BCUT2D eigenvalue weighted by molar-refractivity contribution is 0.0935. The van der Waals surface area contributed by atoms with Gasteiger partial charge in [0.25, 0.3) is 0 Å². The SMILES string of the molecule is N#Cc1cccc2[nH]cc(C(=O)C3CCS(=O)(=O)C3)c12. The fraction of sp³-hybridized carbons (Fsp3) is 0.286. The van der Waals surface area contributed by atoms with Crippen LogP contribution in [0.15, 0.2) is 24.4 Å². The van der Waals surface area contributed by atoms with E-state index in [9.17, 15) is 13.2 Å². The molecule has 1 saturated heterocycles. The van der Waals surface area contributed by atoms with E-state index in [1.807, 2.05) is 0 Å². The first-order chi connectivity index (χ1) is 9.52. The summed E-state index contributed by atoms with van der Waals surface area (Å²) in [6.45, 7) is 0. The summed E-state index contributed by atoms with van der Waals surface area (Å²) in [7, 11) is -3.10. The minimum atomic E-state index is -3.10. The highest BCUT2D eigenvalue weighted by Crippen LogP contribution is 2.28. The molecule has 0 saturated carbocycles. The molecule has 102 valence electrons. The molecular weight excluding hydrogens is 276 g/mol. The molecule has 5 nitrogen and oxygen atoms in total. The minimum Gasteiger partial charge on any atom is -0.360 e. The van der Waals surface area contributed by atoms with Crippen molar-refractivity contribution in [2.45, 2.75) is 6.42 Å². The number of rotatable bonds is 2. The Balaban J connectivity index is 2.07. The van der Waals surface area contributed by atoms with Crippen LogP contribution in [0.1, 0.15) is 22.3 Å². The second kappa shape index (κ2) is 4.46. The summed E-state index contributed by atoms with van der Waals surface area (Å²) >= 11 is 0. The van der Waals surface area contributed by atoms with Crippen LogP contribution in [-0.2, 0) is 9.84 Å². The van der Waals surface area contributed by atoms with Gasteiger partial charge in [-0.2, -0.15) is 5.26 Å². The average Bonchev–Trinajstić information content (AvgIpc) is 3.00. The van der Waals surface area contributed by atoms with Gasteiger partial charge < -0.3 is 4.98 Å². The molecule has 0 aliphatic carbocycles. The van der Waals surface area contributed by atoms with E-state index < -0.39 is 15.8 Å². The number of hydrogen-bond acceptors (Lipinski definition) is 4. The fourth-order valence-electron chi connectivity index (χ4n) is 2.69. The quantitative estimate of drug-likeness (QED) is 0.851. The predicted octanol–water partition coefficient (Wildman–Crippen LogP) is 1.66. The number of hydrogen-bond donors (Lipinski definition) is 1. The molecule has 1 aliphatic rings. The molecule has 1 fully saturated rings. The highest BCUT2D eigenvalue weighted by atomic mass is 32.2. The van der Waals surface area contributed by atoms with Gasteiger partial charge in [-0.1, -0.05) is 6.07 Å². The first-order valence-electron chi connectivity index (χ1n) is 6.26. The van der Waals surface area contributed by atoms with Gasteiger partial charge in [0.1, 0.15) is 0 Å². The summed E-state index contributed by atoms with van der Waals surface area (Å²) in [5, 5.41) is 9.72. The van der Waals surface area contributed by atoms with Crippen molar-refractivity contribution in [1.82, 2.24) is 4.98 Å². The molecule has 0 bridgehead atoms. The third kappa shape index (κ3) is 2.00. The highest BCUT2D eigenvalue weighted by molar-refractivity contribution is 7.91. The van der Waals surface area contributed by atoms with E-state index in [4.69, 9.17) is 5.26 Å². The minimum absolute atomic E-state index is 0.0663. The summed E-state index contributed by atoms with van der Waals surface area (Å²) in [5.41, 5.74) is 1.56. The molecule has 3 rings (SSSR count). The molecule has 0 spiro atoms. The highest BCUT2D eigenvalue weighted by Gasteiger charge is 2.34. The molecule has 1 unspecified atom stereocenters. The van der Waals surface area contributed by atoms with Crippen molar-refractivity contribution in [3.63, 3.8) is 0 Å². The number of carbonyl (C=O) groups is 1. The number of H-pyrrole nitrogens is 1. The lowest BCUT2D eigenvalue weighted by Gasteiger charge is -2.05. The van der Waals surface area contributed by atoms with E-state index in [0.717, 1.165) is 0 Å². The zero-order valence-corrected chi connectivity index (χ0v) is 11.4. The Morgan fingerprint density at radius 2 is 2.20 bits per heavy atom. The predicted molar refractivity (Wildman–Crippen MR) is 74.1 cm³/mol. The van der Waals surface area contributed by atoms with Crippen LogP contribution in [-0.4, -0.2) is 30.7 Å². The number of benzene rings is 1. The van der Waals surface area contributed by atoms with Gasteiger partial charge in [0.2, 0.25) is 0 Å². The Bertz CT molecular complexity index is 843. The summed E-state index contributed by atoms with van der Waals surface area (Å²) in [5.74, 6) is -0.713. The van der Waals surface area contributed by atoms with Crippen LogP contribution >= 0.6 is 0 Å². The van der Waals surface area contributed by atoms with E-state index in [1.54, 1.807) is 24.4 Å². The van der Waals surface area contributed by atoms with Crippen molar-refractivity contribution < 1.29 is 13.2 Å². The number of fused-ring (bicyclic) bond motifs is 1. The molecule has 1 aromatic carbocycles. The number of sulfone groups is 1. The van der Waals surface area contributed by atoms with Crippen LogP contribution < -0.4 is 0 Å². The summed E-state index contributed by atoms with van der Waals surface area (Å²) in [6.07, 6.45) is 1.93. The van der Waals surface area contributed by atoms with Crippen LogP contribution in [0.5, 0.6) is 0 Å². The van der Waals surface area contributed by atoms with Gasteiger partial charge in [0.05, 0.1) is 23.1 Å². The van der Waals surface area contributed by atoms with Gasteiger partial charge in [0.15, 0.2) is 15.6 Å². The monoisotopic (exact) mass is 288 g/mol. The first-order valence-corrected chi connectivity index (χ1v) is 8.09. The molecule has 1 aliphatic heterocycles. The number of Topliss-reactive ketones (excluding diaryl/α,β-unsaturated/α-hetero) is 1. The zero-order valence-electron chi connectivity index (χ0n) is 10.6. The molecule has 1 N–H and O–H groups in total. The third-order valence-electron chi connectivity index (χ3n) is 3.69. The molecule has 20 heavy (non-hydrogen) atoms. The molecule has 1 aromatic heterocycles. The second-order valence-electron chi connectivity index (χ2n) is 5.01. The van der Waals surface area contributed by atoms with Gasteiger partial charge in [-0.15, -0.1) is 0 Å². The zero-order chi connectivity index (χ0) is 14.3. The number of ketones is 1. The molecule has 2 aromatic rings. The Hall–Kier alpha value is -2.13. The fourth-order valence-corrected chi connectivity index (χ4v) is 4.44. The molecule has 2 heterocycles. The van der Waals surface area contributed by atoms with Crippen molar-refractivity contribution >= 4 is 26.5 Å². The van der Waals surface area contributed by atoms with Crippen molar-refractivity contribution in [3.8, 4) is 6.07 Å². The first kappa shape index (κ1) is 12.9. The summed E-state index contributed by atoms with van der Waals surface area (Å²) < 4.78 is 23.0. The van der Waals surface area contributed by atoms with Crippen molar-refractivity contribution in [1.29, 1.82) is 5.26 Å². The van der Waals surface area contributed by atoms with Crippen molar-refractivity contribution in [2.75, 3.05) is 11.5 Å². The Morgan fingerprint density at radius 3 is 2.85 bits per heavy atom. The summed E-state index contributed by atoms with van der Waals surface area (Å²) in [4.78, 5) is 15.5. The van der Waals surface area contributed by atoms with E-state index in [1.165, 1.54) is 0 Å². The van der Waals surface area contributed by atoms with Crippen LogP contribution in [0.4, 0.5) is 0 Å². The van der Waals surface area contributed by atoms with Crippen LogP contribution in [0.3, 0.4) is 0 Å². The molecule has 6 heteroatoms. The van der Waals surface area contributed by atoms with Gasteiger partial charge in [-0.25, -0.2) is 8.42 Å². The molecule has 0 amide bonds. The van der Waals surface area contributed by atoms with Crippen LogP contribution in [0.25, 0.3) is 10.9 Å². The van der Waals surface area contributed by atoms with Gasteiger partial charge in [-0.3, -0.25) is 4.79 Å². The van der Waals surface area contributed by atoms with Crippen molar-refractivity contribution in [2.24, 2.45) is 5.92 Å². The maximum absolute atomic E-state index is 12.5. The Kier molecular flexibility index (Phi) is 2.87. The lowest BCUT2D eigenvalue weighted by atomic mass is 9.95. The van der Waals surface area contributed by atoms with E-state index >= 15 is 0 Å². The lowest BCUT2D eigenvalue weighted by Crippen LogP contribution is -2.16. The molecule has 1 atom stereocenters. The standard InChI is InChI=1S/C14H12N2O3S/c15-6-9-2-1-3-12-13(9)11(7-16-12)14(17)10-4-5-20(18,19)8-10/h1-3,7,10,16H,4-5,8H2. The normalized spacial score (nSPS) is 20.9. The number of nitriles is 1. The molecular formula is C14H12N2O3S. The maximum Gasteiger partial charge on any atom is 0.169 e. The van der Waals surface area contributed by atoms with E-state index in [-0.39, 0.29) is 17.3 Å². The molecule has 0 radical (unpaired) electrons. The van der Waals surface area contributed by atoms with Crippen LogP contribution in [0, 0.1) is 17.2 Å². The smallest absolute Gasteiger partial charge is 0.169 e. The summed E-state index contributed by atoms with van der Waals surface area (Å²) in [6, 6.07) is 7.25. The largest absolute Gasteiger partial charge is 0.360 e. The van der Waals surface area contributed by atoms with E-state index in [2.05, 4.69) is 11.1 Å². The van der Waals surface area contributed by atoms with Crippen molar-refractivity contribution in [3.05, 3.63) is 35.5 Å².